The van der Waals surface area contributed by atoms with Crippen LogP contribution >= 0.6 is 24.0 Å². The van der Waals surface area contributed by atoms with Crippen molar-refractivity contribution in [2.45, 2.75) is 38.8 Å². The molecule has 144 valence electrons. The summed E-state index contributed by atoms with van der Waals surface area (Å²) in [5.41, 5.74) is 0. The van der Waals surface area contributed by atoms with E-state index in [4.69, 9.17) is 0 Å². The van der Waals surface area contributed by atoms with Crippen LogP contribution in [0.15, 0.2) is 4.99 Å². The first-order valence-corrected chi connectivity index (χ1v) is 8.40. The lowest BCUT2D eigenvalue weighted by Gasteiger charge is -2.26. The van der Waals surface area contributed by atoms with Gasteiger partial charge in [-0.25, -0.2) is 0 Å². The van der Waals surface area contributed by atoms with Crippen molar-refractivity contribution in [3.05, 3.63) is 0 Å². The minimum absolute atomic E-state index is 0. The molecule has 2 N–H and O–H groups in total. The first-order valence-electron chi connectivity index (χ1n) is 8.40. The summed E-state index contributed by atoms with van der Waals surface area (Å²) in [5, 5.41) is 6.39. The molecule has 0 aromatic heterocycles. The van der Waals surface area contributed by atoms with Gasteiger partial charge in [-0.15, -0.1) is 24.0 Å². The topological polar surface area (TPSA) is 48.9 Å². The first kappa shape index (κ1) is 23.7. The van der Waals surface area contributed by atoms with Crippen LogP contribution in [0.25, 0.3) is 0 Å². The summed E-state index contributed by atoms with van der Waals surface area (Å²) in [5.74, 6) is 0.709. The molecule has 0 bridgehead atoms. The van der Waals surface area contributed by atoms with Gasteiger partial charge in [0.25, 0.3) is 0 Å². The van der Waals surface area contributed by atoms with Crippen LogP contribution in [0.2, 0.25) is 0 Å². The van der Waals surface area contributed by atoms with Gasteiger partial charge in [-0.2, -0.15) is 13.2 Å². The quantitative estimate of drug-likeness (QED) is 0.238. The van der Waals surface area contributed by atoms with Crippen LogP contribution in [0.1, 0.15) is 32.6 Å². The van der Waals surface area contributed by atoms with E-state index in [2.05, 4.69) is 25.3 Å². The number of piperidine rings is 1. The lowest BCUT2D eigenvalue weighted by Crippen LogP contribution is -2.42. The molecule has 0 aromatic rings. The molecular formula is C15H30F3IN4O. The van der Waals surface area contributed by atoms with Crippen molar-refractivity contribution < 1.29 is 17.9 Å². The monoisotopic (exact) mass is 466 g/mol. The smallest absolute Gasteiger partial charge is 0.372 e. The largest absolute Gasteiger partial charge is 0.411 e. The van der Waals surface area contributed by atoms with E-state index in [9.17, 15) is 13.2 Å². The van der Waals surface area contributed by atoms with E-state index in [1.807, 2.05) is 6.92 Å². The second kappa shape index (κ2) is 13.9. The fraction of sp³-hybridized carbons (Fsp3) is 0.933. The molecule has 9 heteroatoms. The van der Waals surface area contributed by atoms with Gasteiger partial charge in [-0.05, 0) is 39.3 Å². The molecule has 0 amide bonds. The number of alkyl halides is 3. The molecule has 0 aromatic carbocycles. The Morgan fingerprint density at radius 3 is 2.50 bits per heavy atom. The zero-order chi connectivity index (χ0) is 17.0. The summed E-state index contributed by atoms with van der Waals surface area (Å²) >= 11 is 0. The maximum absolute atomic E-state index is 11.9. The molecule has 1 aliphatic heterocycles. The maximum atomic E-state index is 11.9. The summed E-state index contributed by atoms with van der Waals surface area (Å²) in [7, 11) is 0. The van der Waals surface area contributed by atoms with Crippen molar-refractivity contribution in [2.75, 3.05) is 52.5 Å². The van der Waals surface area contributed by atoms with E-state index in [0.717, 1.165) is 32.7 Å². The molecule has 0 saturated carbocycles. The van der Waals surface area contributed by atoms with Crippen molar-refractivity contribution in [3.63, 3.8) is 0 Å². The molecule has 5 nitrogen and oxygen atoms in total. The number of rotatable bonds is 9. The van der Waals surface area contributed by atoms with Crippen LogP contribution in [0.4, 0.5) is 13.2 Å². The van der Waals surface area contributed by atoms with Crippen molar-refractivity contribution in [2.24, 2.45) is 4.99 Å². The van der Waals surface area contributed by atoms with Crippen molar-refractivity contribution in [1.29, 1.82) is 0 Å². The van der Waals surface area contributed by atoms with Crippen LogP contribution in [0.3, 0.4) is 0 Å². The van der Waals surface area contributed by atoms with Crippen molar-refractivity contribution in [3.8, 4) is 0 Å². The number of halogens is 4. The van der Waals surface area contributed by atoms with E-state index in [1.165, 1.54) is 19.3 Å². The van der Waals surface area contributed by atoms with Gasteiger partial charge in [-0.1, -0.05) is 6.42 Å². The molecular weight excluding hydrogens is 436 g/mol. The van der Waals surface area contributed by atoms with Crippen LogP contribution < -0.4 is 10.6 Å². The molecule has 1 aliphatic rings. The Morgan fingerprint density at radius 1 is 1.17 bits per heavy atom. The maximum Gasteiger partial charge on any atom is 0.411 e. The molecule has 0 radical (unpaired) electrons. The Morgan fingerprint density at radius 2 is 1.88 bits per heavy atom. The SMILES string of the molecule is CCNC(=NCCCOCC(F)(F)F)NCCN1CCCCC1.I. The highest BCUT2D eigenvalue weighted by Crippen LogP contribution is 2.14. The molecule has 0 spiro atoms. The number of nitrogens with one attached hydrogen (secondary N) is 2. The number of nitrogens with zero attached hydrogens (tertiary/aromatic N) is 2. The van der Waals surface area contributed by atoms with Gasteiger partial charge in [0.05, 0.1) is 0 Å². The summed E-state index contributed by atoms with van der Waals surface area (Å²) in [6.07, 6.45) is 0.0790. The van der Waals surface area contributed by atoms with E-state index < -0.39 is 12.8 Å². The highest BCUT2D eigenvalue weighted by atomic mass is 127. The summed E-state index contributed by atoms with van der Waals surface area (Å²) in [6, 6.07) is 0. The Bertz CT molecular complexity index is 337. The van der Waals surface area contributed by atoms with Crippen LogP contribution in [0, 0.1) is 0 Å². The van der Waals surface area contributed by atoms with Crippen LogP contribution in [0.5, 0.6) is 0 Å². The fourth-order valence-corrected chi connectivity index (χ4v) is 2.40. The Balaban J connectivity index is 0.00000529. The summed E-state index contributed by atoms with van der Waals surface area (Å²) in [6.45, 7) is 6.17. The first-order chi connectivity index (χ1) is 11.0. The predicted molar refractivity (Wildman–Crippen MR) is 101 cm³/mol. The second-order valence-corrected chi connectivity index (χ2v) is 5.61. The molecule has 1 saturated heterocycles. The molecule has 1 heterocycles. The molecule has 24 heavy (non-hydrogen) atoms. The number of guanidine groups is 1. The highest BCUT2D eigenvalue weighted by molar-refractivity contribution is 14.0. The van der Waals surface area contributed by atoms with E-state index in [0.29, 0.717) is 18.9 Å². The fourth-order valence-electron chi connectivity index (χ4n) is 2.40. The molecule has 0 atom stereocenters. The average molecular weight is 466 g/mol. The van der Waals surface area contributed by atoms with Gasteiger partial charge in [-0.3, -0.25) is 4.99 Å². The van der Waals surface area contributed by atoms with Crippen molar-refractivity contribution in [1.82, 2.24) is 15.5 Å². The Labute approximate surface area is 159 Å². The third-order valence-corrected chi connectivity index (χ3v) is 3.50. The number of ether oxygens (including phenoxy) is 1. The number of likely N-dealkylation sites (tertiary alicyclic amines) is 1. The lowest BCUT2D eigenvalue weighted by molar-refractivity contribution is -0.173. The number of aliphatic imine (C=N–C) groups is 1. The second-order valence-electron chi connectivity index (χ2n) is 5.61. The normalized spacial score (nSPS) is 16.6. The highest BCUT2D eigenvalue weighted by Gasteiger charge is 2.27. The Hall–Kier alpha value is -0.290. The van der Waals surface area contributed by atoms with Crippen LogP contribution in [-0.4, -0.2) is 69.5 Å². The van der Waals surface area contributed by atoms with Gasteiger partial charge in [0, 0.05) is 32.8 Å². The molecule has 0 aliphatic carbocycles. The standard InChI is InChI=1S/C15H29F3N4O.HI/c1-2-19-14(20-7-6-12-23-13-15(16,17)18)21-8-11-22-9-4-3-5-10-22;/h2-13H2,1H3,(H2,19,20,21);1H. The van der Waals surface area contributed by atoms with Crippen LogP contribution in [-0.2, 0) is 4.74 Å². The lowest BCUT2D eigenvalue weighted by atomic mass is 10.1. The molecule has 0 unspecified atom stereocenters. The van der Waals surface area contributed by atoms with Gasteiger partial charge in [0.1, 0.15) is 6.61 Å². The number of hydrogen-bond acceptors (Lipinski definition) is 3. The molecule has 1 fully saturated rings. The van der Waals surface area contributed by atoms with Gasteiger partial charge in [0.2, 0.25) is 0 Å². The zero-order valence-electron chi connectivity index (χ0n) is 14.3. The summed E-state index contributed by atoms with van der Waals surface area (Å²) in [4.78, 5) is 6.78. The van der Waals surface area contributed by atoms with E-state index >= 15 is 0 Å². The molecule has 1 rings (SSSR count). The van der Waals surface area contributed by atoms with Gasteiger partial charge < -0.3 is 20.3 Å². The van der Waals surface area contributed by atoms with E-state index in [1.54, 1.807) is 0 Å². The van der Waals surface area contributed by atoms with Gasteiger partial charge in [0.15, 0.2) is 5.96 Å². The summed E-state index contributed by atoms with van der Waals surface area (Å²) < 4.78 is 40.3. The zero-order valence-corrected chi connectivity index (χ0v) is 16.7. The minimum atomic E-state index is -4.26. The van der Waals surface area contributed by atoms with E-state index in [-0.39, 0.29) is 30.6 Å². The third-order valence-electron chi connectivity index (χ3n) is 3.50. The predicted octanol–water partition coefficient (Wildman–Crippen LogP) is 2.61. The minimum Gasteiger partial charge on any atom is -0.372 e. The van der Waals surface area contributed by atoms with Gasteiger partial charge >= 0.3 is 6.18 Å². The number of hydrogen-bond donors (Lipinski definition) is 2. The Kier molecular flexibility index (Phi) is 13.8. The van der Waals surface area contributed by atoms with Crippen molar-refractivity contribution >= 4 is 29.9 Å². The third kappa shape index (κ3) is 13.1. The average Bonchev–Trinajstić information content (AvgIpc) is 2.50.